The first kappa shape index (κ1) is 24.7. The van der Waals surface area contributed by atoms with Gasteiger partial charge in [0, 0.05) is 22.6 Å². The fraction of sp³-hybridized carbons (Fsp3) is 0.367. The molecule has 6 rings (SSSR count). The molecule has 0 bridgehead atoms. The Labute approximate surface area is 219 Å². The van der Waals surface area contributed by atoms with E-state index in [4.69, 9.17) is 28.5 Å². The molecule has 0 saturated carbocycles. The average molecular weight is 518 g/mol. The smallest absolute Gasteiger partial charge is 0.227 e. The first-order chi connectivity index (χ1) is 18.2. The molecule has 6 nitrogen and oxygen atoms in total. The van der Waals surface area contributed by atoms with Gasteiger partial charge in [0.25, 0.3) is 0 Å². The van der Waals surface area contributed by atoms with E-state index in [2.05, 4.69) is 62.4 Å². The van der Waals surface area contributed by atoms with Gasteiger partial charge in [-0.3, -0.25) is 0 Å². The van der Waals surface area contributed by atoms with Crippen LogP contribution >= 0.6 is 8.15 Å². The lowest BCUT2D eigenvalue weighted by Gasteiger charge is -2.47. The van der Waals surface area contributed by atoms with Gasteiger partial charge in [0.15, 0.2) is 12.2 Å². The highest BCUT2D eigenvalue weighted by Crippen LogP contribution is 2.45. The summed E-state index contributed by atoms with van der Waals surface area (Å²) in [6, 6.07) is 30.5. The van der Waals surface area contributed by atoms with Crippen molar-refractivity contribution < 1.29 is 23.5 Å². The van der Waals surface area contributed by atoms with Crippen molar-refractivity contribution in [3.63, 3.8) is 0 Å². The van der Waals surface area contributed by atoms with Gasteiger partial charge in [0.1, 0.15) is 24.4 Å². The largest absolute Gasteiger partial charge is 0.450 e. The summed E-state index contributed by atoms with van der Waals surface area (Å²) in [5.41, 5.74) is 0.974. The van der Waals surface area contributed by atoms with Crippen molar-refractivity contribution in [1.29, 1.82) is 0 Å². The Hall–Kier alpha value is -2.60. The highest BCUT2D eigenvalue weighted by atomic mass is 31.1. The zero-order chi connectivity index (χ0) is 25.2. The van der Waals surface area contributed by atoms with Crippen LogP contribution in [-0.2, 0) is 23.5 Å². The van der Waals surface area contributed by atoms with E-state index in [9.17, 15) is 0 Å². The third kappa shape index (κ3) is 5.36. The van der Waals surface area contributed by atoms with Crippen LogP contribution in [0.4, 0.5) is 0 Å². The topological polar surface area (TPSA) is 58.5 Å². The van der Waals surface area contributed by atoms with Crippen LogP contribution in [0, 0.1) is 5.92 Å². The molecule has 7 heteroatoms. The molecule has 6 atom stereocenters. The van der Waals surface area contributed by atoms with E-state index >= 15 is 0 Å². The van der Waals surface area contributed by atoms with Gasteiger partial charge in [0.2, 0.25) is 6.29 Å². The van der Waals surface area contributed by atoms with Crippen molar-refractivity contribution in [2.75, 3.05) is 6.61 Å². The van der Waals surface area contributed by atoms with Crippen molar-refractivity contribution in [1.82, 2.24) is 0 Å². The zero-order valence-corrected chi connectivity index (χ0v) is 21.9. The predicted molar refractivity (Wildman–Crippen MR) is 144 cm³/mol. The Kier molecular flexibility index (Phi) is 7.36. The van der Waals surface area contributed by atoms with Gasteiger partial charge in [-0.25, -0.2) is 4.99 Å². The number of aliphatic imine (C=N–C) groups is 1. The van der Waals surface area contributed by atoms with Gasteiger partial charge < -0.3 is 23.5 Å². The van der Waals surface area contributed by atoms with Crippen LogP contribution in [0.1, 0.15) is 32.1 Å². The number of hydrogen-bond acceptors (Lipinski definition) is 6. The second kappa shape index (κ2) is 11.0. The van der Waals surface area contributed by atoms with E-state index in [0.717, 1.165) is 28.5 Å². The molecule has 37 heavy (non-hydrogen) atoms. The molecule has 0 spiro atoms. The maximum Gasteiger partial charge on any atom is 0.227 e. The van der Waals surface area contributed by atoms with E-state index in [1.54, 1.807) is 0 Å². The highest BCUT2D eigenvalue weighted by Gasteiger charge is 2.54. The molecule has 3 aromatic carbocycles. The van der Waals surface area contributed by atoms with Crippen LogP contribution < -0.4 is 10.6 Å². The number of hydrogen-bond donors (Lipinski definition) is 0. The van der Waals surface area contributed by atoms with Crippen LogP contribution in [0.15, 0.2) is 96.0 Å². The standard InChI is InChI=1S/C30H32NO5P/c1-20(2)18-25-31-26-28(36-37(22-14-8-4-9-15-22)23-16-10-5-11-17-23)27-24(33-30(26)34-25)19-32-29(35-27)21-12-6-3-7-13-21/h3-17,20,24,26-30H,18-19H2,1-2H3/t24-,26-,27-,28-,29-,30-/m1/s1. The molecule has 2 saturated heterocycles. The van der Waals surface area contributed by atoms with E-state index < -0.39 is 20.7 Å². The Morgan fingerprint density at radius 1 is 0.865 bits per heavy atom. The predicted octanol–water partition coefficient (Wildman–Crippen LogP) is 5.10. The van der Waals surface area contributed by atoms with Gasteiger partial charge in [-0.05, 0) is 5.92 Å². The summed E-state index contributed by atoms with van der Waals surface area (Å²) < 4.78 is 32.4. The van der Waals surface area contributed by atoms with Crippen molar-refractivity contribution >= 4 is 24.7 Å². The average Bonchev–Trinajstić information content (AvgIpc) is 3.33. The van der Waals surface area contributed by atoms with Crippen LogP contribution in [0.5, 0.6) is 0 Å². The fourth-order valence-corrected chi connectivity index (χ4v) is 6.91. The molecule has 3 aliphatic heterocycles. The fourth-order valence-electron chi connectivity index (χ4n) is 4.99. The van der Waals surface area contributed by atoms with E-state index in [0.29, 0.717) is 12.5 Å². The van der Waals surface area contributed by atoms with Crippen molar-refractivity contribution in [2.45, 2.75) is 57.2 Å². The third-order valence-corrected chi connectivity index (χ3v) is 8.70. The van der Waals surface area contributed by atoms with Crippen LogP contribution in [0.2, 0.25) is 0 Å². The van der Waals surface area contributed by atoms with Gasteiger partial charge >= 0.3 is 0 Å². The number of fused-ring (bicyclic) bond motifs is 2. The summed E-state index contributed by atoms with van der Waals surface area (Å²) in [6.45, 7) is 4.71. The normalized spacial score (nSPS) is 28.9. The van der Waals surface area contributed by atoms with E-state index in [1.807, 2.05) is 42.5 Å². The highest BCUT2D eigenvalue weighted by molar-refractivity contribution is 7.68. The Balaban J connectivity index is 1.36. The summed E-state index contributed by atoms with van der Waals surface area (Å²) in [5, 5.41) is 2.28. The van der Waals surface area contributed by atoms with Crippen LogP contribution in [-0.4, -0.2) is 43.1 Å². The summed E-state index contributed by atoms with van der Waals surface area (Å²) in [4.78, 5) is 4.99. The lowest BCUT2D eigenvalue weighted by Crippen LogP contribution is -2.61. The monoisotopic (exact) mass is 517 g/mol. The Morgan fingerprint density at radius 3 is 2.11 bits per heavy atom. The molecule has 0 amide bonds. The zero-order valence-electron chi connectivity index (χ0n) is 21.1. The molecule has 0 N–H and O–H groups in total. The molecule has 0 aromatic heterocycles. The molecule has 3 heterocycles. The molecule has 0 radical (unpaired) electrons. The second-order valence-corrected chi connectivity index (χ2v) is 11.8. The van der Waals surface area contributed by atoms with Crippen molar-refractivity contribution in [2.24, 2.45) is 10.9 Å². The minimum Gasteiger partial charge on any atom is -0.450 e. The first-order valence-corrected chi connectivity index (χ1v) is 14.2. The molecule has 2 fully saturated rings. The first-order valence-electron chi connectivity index (χ1n) is 12.9. The maximum absolute atomic E-state index is 7.10. The molecule has 0 unspecified atom stereocenters. The molecule has 192 valence electrons. The van der Waals surface area contributed by atoms with Crippen molar-refractivity contribution in [3.05, 3.63) is 96.6 Å². The Bertz CT molecular complexity index is 1150. The summed E-state index contributed by atoms with van der Waals surface area (Å²) >= 11 is 0. The van der Waals surface area contributed by atoms with Gasteiger partial charge in [-0.15, -0.1) is 0 Å². The number of rotatable bonds is 7. The lowest BCUT2D eigenvalue weighted by atomic mass is 9.96. The number of benzene rings is 3. The van der Waals surface area contributed by atoms with E-state index in [1.165, 1.54) is 0 Å². The van der Waals surface area contributed by atoms with Gasteiger partial charge in [0.05, 0.1) is 14.8 Å². The summed E-state index contributed by atoms with van der Waals surface area (Å²) in [7, 11) is -1.13. The van der Waals surface area contributed by atoms with Gasteiger partial charge in [-0.2, -0.15) is 0 Å². The molecule has 3 aliphatic rings. The molecule has 3 aromatic rings. The quantitative estimate of drug-likeness (QED) is 0.408. The summed E-state index contributed by atoms with van der Waals surface area (Å²) in [5.74, 6) is 1.15. The lowest BCUT2D eigenvalue weighted by molar-refractivity contribution is -0.326. The third-order valence-electron chi connectivity index (χ3n) is 6.72. The SMILES string of the molecule is CC(C)CC1=N[C@H]2[C@@H](O1)O[C@@H]1CO[C@@H](c3ccccc3)O[C@H]1[C@@H]2OP(c1ccccc1)c1ccccc1. The molecule has 0 aliphatic carbocycles. The number of ether oxygens (including phenoxy) is 4. The Morgan fingerprint density at radius 2 is 1.49 bits per heavy atom. The minimum absolute atomic E-state index is 0.316. The number of nitrogens with zero attached hydrogens (tertiary/aromatic N) is 1. The van der Waals surface area contributed by atoms with E-state index in [-0.39, 0.29) is 24.4 Å². The minimum atomic E-state index is -1.13. The maximum atomic E-state index is 7.10. The molecular formula is C30H32NO5P. The second-order valence-electron chi connectivity index (χ2n) is 9.98. The summed E-state index contributed by atoms with van der Waals surface area (Å²) in [6.07, 6.45) is -1.28. The van der Waals surface area contributed by atoms with Crippen molar-refractivity contribution in [3.8, 4) is 0 Å². The van der Waals surface area contributed by atoms with Crippen LogP contribution in [0.3, 0.4) is 0 Å². The van der Waals surface area contributed by atoms with Crippen LogP contribution in [0.25, 0.3) is 0 Å². The molecular weight excluding hydrogens is 485 g/mol. The van der Waals surface area contributed by atoms with Gasteiger partial charge in [-0.1, -0.05) is 105 Å².